The maximum Gasteiger partial charge on any atom is 0.129 e. The minimum absolute atomic E-state index is 0.418. The van der Waals surface area contributed by atoms with E-state index in [1.165, 1.54) is 44.1 Å². The Kier molecular flexibility index (Phi) is 2.96. The van der Waals surface area contributed by atoms with Gasteiger partial charge in [0.2, 0.25) is 0 Å². The zero-order valence-electron chi connectivity index (χ0n) is 10.7. The summed E-state index contributed by atoms with van der Waals surface area (Å²) in [5.41, 5.74) is 4.90. The van der Waals surface area contributed by atoms with Crippen molar-refractivity contribution in [2.24, 2.45) is 11.8 Å². The third-order valence-electron chi connectivity index (χ3n) is 4.92. The molecule has 0 heterocycles. The van der Waals surface area contributed by atoms with Crippen LogP contribution in [-0.4, -0.2) is 0 Å². The molecule has 0 unspecified atom stereocenters. The molecule has 0 radical (unpaired) electrons. The van der Waals surface area contributed by atoms with Crippen LogP contribution in [0.4, 0.5) is 0 Å². The fourth-order valence-corrected chi connectivity index (χ4v) is 4.21. The van der Waals surface area contributed by atoms with E-state index in [9.17, 15) is 10.5 Å². The van der Waals surface area contributed by atoms with Crippen LogP contribution in [0.2, 0.25) is 0 Å². The fraction of sp³-hybridized carbons (Fsp3) is 0.625. The van der Waals surface area contributed by atoms with Gasteiger partial charge in [-0.1, -0.05) is 17.6 Å². The van der Waals surface area contributed by atoms with E-state index >= 15 is 0 Å². The maximum absolute atomic E-state index is 9.18. The molecule has 0 amide bonds. The van der Waals surface area contributed by atoms with E-state index in [1.807, 2.05) is 0 Å². The molecular weight excluding hydrogens is 220 g/mol. The molecule has 0 spiro atoms. The summed E-state index contributed by atoms with van der Waals surface area (Å²) in [6.07, 6.45) is 9.84. The quantitative estimate of drug-likeness (QED) is 0.472. The smallest absolute Gasteiger partial charge is 0.129 e. The summed E-state index contributed by atoms with van der Waals surface area (Å²) in [4.78, 5) is 0. The normalized spacial score (nSPS) is 30.2. The van der Waals surface area contributed by atoms with Gasteiger partial charge in [-0.05, 0) is 56.4 Å². The molecule has 0 N–H and O–H groups in total. The summed E-state index contributed by atoms with van der Waals surface area (Å²) in [5, 5.41) is 18.4. The molecule has 0 aromatic carbocycles. The summed E-state index contributed by atoms with van der Waals surface area (Å²) in [6.45, 7) is 0. The van der Waals surface area contributed by atoms with E-state index < -0.39 is 0 Å². The highest BCUT2D eigenvalue weighted by Gasteiger charge is 2.38. The van der Waals surface area contributed by atoms with Crippen molar-refractivity contribution >= 4 is 0 Å². The lowest BCUT2D eigenvalue weighted by atomic mass is 9.62. The molecule has 3 aliphatic carbocycles. The predicted molar refractivity (Wildman–Crippen MR) is 69.2 cm³/mol. The van der Waals surface area contributed by atoms with E-state index in [4.69, 9.17) is 0 Å². The van der Waals surface area contributed by atoms with E-state index in [1.54, 1.807) is 11.1 Å². The molecule has 2 atom stereocenters. The van der Waals surface area contributed by atoms with E-state index in [2.05, 4.69) is 12.1 Å². The zero-order chi connectivity index (χ0) is 12.5. The lowest BCUT2D eigenvalue weighted by Crippen LogP contribution is -2.29. The van der Waals surface area contributed by atoms with Gasteiger partial charge in [0.25, 0.3) is 0 Å². The van der Waals surface area contributed by atoms with Crippen LogP contribution < -0.4 is 0 Å². The van der Waals surface area contributed by atoms with Crippen LogP contribution >= 0.6 is 0 Å². The second-order valence-corrected chi connectivity index (χ2v) is 5.77. The molecule has 0 aromatic heterocycles. The first-order valence-corrected chi connectivity index (χ1v) is 7.10. The molecule has 2 heteroatoms. The monoisotopic (exact) mass is 238 g/mol. The highest BCUT2D eigenvalue weighted by Crippen LogP contribution is 2.51. The minimum atomic E-state index is 0.418. The highest BCUT2D eigenvalue weighted by molar-refractivity contribution is 5.48. The minimum Gasteiger partial charge on any atom is -0.192 e. The Labute approximate surface area is 109 Å². The Morgan fingerprint density at radius 3 is 2.56 bits per heavy atom. The Hall–Kier alpha value is -1.54. The van der Waals surface area contributed by atoms with Crippen molar-refractivity contribution in [2.75, 3.05) is 0 Å². The van der Waals surface area contributed by atoms with Crippen LogP contribution in [0.5, 0.6) is 0 Å². The SMILES string of the molecule is N#CC(C#N)=C1[C@H]2CCC[C@H]1C1=C(CCCC1)C2. The number of rotatable bonds is 0. The Bertz CT molecular complexity index is 494. The van der Waals surface area contributed by atoms with E-state index in [0.29, 0.717) is 17.4 Å². The van der Waals surface area contributed by atoms with Crippen molar-refractivity contribution in [3.8, 4) is 12.1 Å². The van der Waals surface area contributed by atoms with Crippen LogP contribution in [0.15, 0.2) is 22.3 Å². The number of hydrogen-bond acceptors (Lipinski definition) is 2. The zero-order valence-corrected chi connectivity index (χ0v) is 10.7. The first-order chi connectivity index (χ1) is 8.85. The number of nitrogens with zero attached hydrogens (tertiary/aromatic N) is 2. The molecule has 18 heavy (non-hydrogen) atoms. The van der Waals surface area contributed by atoms with Gasteiger partial charge >= 0.3 is 0 Å². The van der Waals surface area contributed by atoms with Crippen LogP contribution in [-0.2, 0) is 0 Å². The van der Waals surface area contributed by atoms with Crippen LogP contribution in [0.1, 0.15) is 51.4 Å². The molecule has 0 aliphatic heterocycles. The average Bonchev–Trinajstić information content (AvgIpc) is 2.40. The highest BCUT2D eigenvalue weighted by atomic mass is 14.4. The summed E-state index contributed by atoms with van der Waals surface area (Å²) >= 11 is 0. The second-order valence-electron chi connectivity index (χ2n) is 5.77. The number of allylic oxidation sites excluding steroid dienone is 4. The molecule has 3 aliphatic rings. The van der Waals surface area contributed by atoms with Gasteiger partial charge in [-0.2, -0.15) is 10.5 Å². The van der Waals surface area contributed by atoms with Gasteiger partial charge in [0.05, 0.1) is 0 Å². The second kappa shape index (κ2) is 4.62. The number of nitriles is 2. The Morgan fingerprint density at radius 1 is 1.00 bits per heavy atom. The topological polar surface area (TPSA) is 47.6 Å². The van der Waals surface area contributed by atoms with Gasteiger partial charge in [0.15, 0.2) is 0 Å². The van der Waals surface area contributed by atoms with Gasteiger partial charge in [-0.25, -0.2) is 0 Å². The predicted octanol–water partition coefficient (Wildman–Crippen LogP) is 4.02. The molecule has 0 aromatic rings. The van der Waals surface area contributed by atoms with Crippen molar-refractivity contribution in [1.82, 2.24) is 0 Å². The number of fused-ring (bicyclic) bond motifs is 3. The maximum atomic E-state index is 9.18. The molecule has 92 valence electrons. The summed E-state index contributed by atoms with van der Waals surface area (Å²) < 4.78 is 0. The third-order valence-corrected chi connectivity index (χ3v) is 4.92. The van der Waals surface area contributed by atoms with Crippen molar-refractivity contribution in [1.29, 1.82) is 10.5 Å². The summed E-state index contributed by atoms with van der Waals surface area (Å²) in [6, 6.07) is 4.28. The summed E-state index contributed by atoms with van der Waals surface area (Å²) in [7, 11) is 0. The van der Waals surface area contributed by atoms with Crippen molar-refractivity contribution in [3.05, 3.63) is 22.3 Å². The molecule has 1 fully saturated rings. The van der Waals surface area contributed by atoms with Gasteiger partial charge in [-0.3, -0.25) is 0 Å². The van der Waals surface area contributed by atoms with Gasteiger partial charge < -0.3 is 0 Å². The first kappa shape index (κ1) is 11.5. The number of hydrogen-bond donors (Lipinski definition) is 0. The Morgan fingerprint density at radius 2 is 1.78 bits per heavy atom. The van der Waals surface area contributed by atoms with Crippen molar-refractivity contribution in [3.63, 3.8) is 0 Å². The largest absolute Gasteiger partial charge is 0.192 e. The van der Waals surface area contributed by atoms with Gasteiger partial charge in [0, 0.05) is 5.92 Å². The van der Waals surface area contributed by atoms with Gasteiger partial charge in [-0.15, -0.1) is 0 Å². The fourth-order valence-electron chi connectivity index (χ4n) is 4.21. The third kappa shape index (κ3) is 1.68. The van der Waals surface area contributed by atoms with Crippen LogP contribution in [0, 0.1) is 34.5 Å². The van der Waals surface area contributed by atoms with Crippen molar-refractivity contribution in [2.45, 2.75) is 51.4 Å². The molecule has 0 saturated heterocycles. The molecule has 2 bridgehead atoms. The first-order valence-electron chi connectivity index (χ1n) is 7.10. The molecular formula is C16H18N2. The Balaban J connectivity index is 2.10. The molecule has 1 saturated carbocycles. The van der Waals surface area contributed by atoms with Crippen LogP contribution in [0.3, 0.4) is 0 Å². The lowest BCUT2D eigenvalue weighted by Gasteiger charge is -2.42. The molecule has 3 rings (SSSR count). The van der Waals surface area contributed by atoms with Crippen LogP contribution in [0.25, 0.3) is 0 Å². The average molecular weight is 238 g/mol. The molecule has 2 nitrogen and oxygen atoms in total. The lowest BCUT2D eigenvalue weighted by molar-refractivity contribution is 0.344. The summed E-state index contributed by atoms with van der Waals surface area (Å²) in [5.74, 6) is 0.942. The standard InChI is InChI=1S/C16H18N2/c17-9-13(10-18)16-12-5-3-7-15(16)14-6-2-1-4-11(14)8-12/h12,15H,1-8H2/t12-,15-/m0/s1. The van der Waals surface area contributed by atoms with Crippen molar-refractivity contribution < 1.29 is 0 Å². The van der Waals surface area contributed by atoms with E-state index in [0.717, 1.165) is 12.8 Å². The van der Waals surface area contributed by atoms with Gasteiger partial charge in [0.1, 0.15) is 17.7 Å². The van der Waals surface area contributed by atoms with E-state index in [-0.39, 0.29) is 0 Å².